The zero-order valence-corrected chi connectivity index (χ0v) is 77.1. The second-order valence-electron chi connectivity index (χ2n) is 35.7. The van der Waals surface area contributed by atoms with Crippen molar-refractivity contribution in [3.05, 3.63) is 435 Å². The summed E-state index contributed by atoms with van der Waals surface area (Å²) in [6.07, 6.45) is 2.26. The molecule has 0 amide bonds. The Hall–Kier alpha value is -14.6. The van der Waals surface area contributed by atoms with Gasteiger partial charge in [0.15, 0.2) is 80.2 Å². The minimum Gasteiger partial charge on any atom is -0.238 e. The van der Waals surface area contributed by atoms with Gasteiger partial charge in [-0.2, -0.15) is 36.5 Å². The lowest BCUT2D eigenvalue weighted by atomic mass is 9.85. The molecule has 20 aromatic rings. The van der Waals surface area contributed by atoms with E-state index in [1.165, 1.54) is 200 Å². The maximum Gasteiger partial charge on any atom is 0.221 e. The van der Waals surface area contributed by atoms with Gasteiger partial charge in [-0.05, 0) is 151 Å². The number of rotatable bonds is 8. The van der Waals surface area contributed by atoms with Crippen LogP contribution in [0.4, 0.5) is 5.69 Å². The highest BCUT2D eigenvalue weighted by Gasteiger charge is 2.35. The van der Waals surface area contributed by atoms with Crippen molar-refractivity contribution in [1.29, 1.82) is 0 Å². The monoisotopic (exact) mass is 1660 g/mol. The van der Waals surface area contributed by atoms with E-state index in [-0.39, 0.29) is 5.41 Å². The Morgan fingerprint density at radius 1 is 0.220 bits per heavy atom. The average molecular weight is 1660 g/mol. The summed E-state index contributed by atoms with van der Waals surface area (Å²) in [5.74, 6) is 0. The van der Waals surface area contributed by atoms with Crippen LogP contribution < -0.4 is 36.5 Å². The first-order valence-corrected chi connectivity index (χ1v) is 44.3. The molecule has 0 bridgehead atoms. The molecule has 20 rings (SSSR count). The van der Waals surface area contributed by atoms with Crippen LogP contribution in [-0.4, -0.2) is 0 Å². The van der Waals surface area contributed by atoms with Crippen LogP contribution in [0.25, 0.3) is 137 Å². The minimum absolute atomic E-state index is 0.0233. The zero-order valence-electron chi connectivity index (χ0n) is 77.1. The van der Waals surface area contributed by atoms with E-state index in [9.17, 15) is 0 Å². The Bertz CT molecular complexity index is 7910. The highest BCUT2D eigenvalue weighted by molar-refractivity contribution is 5.88. The molecule has 0 N–H and O–H groups in total. The van der Waals surface area contributed by atoms with Crippen molar-refractivity contribution < 1.29 is 36.5 Å². The van der Waals surface area contributed by atoms with E-state index in [2.05, 4.69) is 489 Å². The molecular formula is C118H113N9+8. The molecule has 8 heterocycles. The van der Waals surface area contributed by atoms with Gasteiger partial charge in [0.2, 0.25) is 62.0 Å². The van der Waals surface area contributed by atoms with Crippen molar-refractivity contribution in [3.8, 4) is 45.5 Å². The number of benzene rings is 12. The van der Waals surface area contributed by atoms with Gasteiger partial charge in [-0.1, -0.05) is 148 Å². The van der Waals surface area contributed by atoms with Crippen molar-refractivity contribution in [1.82, 2.24) is 0 Å². The fourth-order valence-electron chi connectivity index (χ4n) is 19.6. The molecule has 0 aliphatic heterocycles. The Kier molecular flexibility index (Phi) is 23.0. The maximum absolute atomic E-state index is 7.79. The molecule has 0 fully saturated rings. The number of hydrogen-bond acceptors (Lipinski definition) is 0. The first-order valence-electron chi connectivity index (χ1n) is 44.3. The van der Waals surface area contributed by atoms with Gasteiger partial charge in [0.25, 0.3) is 0 Å². The van der Waals surface area contributed by atoms with Crippen molar-refractivity contribution in [3.63, 3.8) is 0 Å². The molecular weight excluding hydrogens is 1540 g/mol. The lowest BCUT2D eigenvalue weighted by molar-refractivity contribution is -0.614. The predicted octanol–water partition coefficient (Wildman–Crippen LogP) is 25.3. The summed E-state index contributed by atoms with van der Waals surface area (Å²) < 4.78 is 18.9. The molecule has 0 spiro atoms. The van der Waals surface area contributed by atoms with E-state index in [1.54, 1.807) is 0 Å². The SMILES string of the molecule is Cc1c(-[n+]2c(C)cc3ccccc3c2C)cc(C(C)(C)C)cc1-[n+]1c(C)ccc2ccccc21.Cc1c(-[n+]2c(C)cc3ccccc3c2C)cccc1-[n+]1c(C)ccc2ccccc21.Cc1cc(-[n+]2cc3ccccc3cc2C)c(C)c(-[n+]2c(C)cc3ccccc3c2C)c1.[C-]#[N+]c1cc(-[n+]2c(C)cc3ccccc3c2C)c(C)c(-[n+]2c(C)ccc3ccccc32)c1. The Morgan fingerprint density at radius 2 is 0.496 bits per heavy atom. The second-order valence-corrected chi connectivity index (χ2v) is 35.7. The van der Waals surface area contributed by atoms with E-state index >= 15 is 0 Å². The smallest absolute Gasteiger partial charge is 0.221 e. The van der Waals surface area contributed by atoms with Gasteiger partial charge in [-0.25, -0.2) is 4.85 Å². The molecule has 9 nitrogen and oxygen atoms in total. The van der Waals surface area contributed by atoms with Gasteiger partial charge in [0.1, 0.15) is 0 Å². The number of aromatic nitrogens is 8. The molecule has 12 aromatic carbocycles. The van der Waals surface area contributed by atoms with Crippen LogP contribution in [0.15, 0.2) is 322 Å². The van der Waals surface area contributed by atoms with E-state index < -0.39 is 0 Å². The topological polar surface area (TPSA) is 35.4 Å². The summed E-state index contributed by atoms with van der Waals surface area (Å²) in [6, 6.07) is 113. The molecule has 0 radical (unpaired) electrons. The second kappa shape index (κ2) is 34.5. The lowest BCUT2D eigenvalue weighted by Gasteiger charge is -2.21. The van der Waals surface area contributed by atoms with E-state index in [4.69, 9.17) is 6.57 Å². The van der Waals surface area contributed by atoms with Crippen LogP contribution >= 0.6 is 0 Å². The van der Waals surface area contributed by atoms with Crippen LogP contribution in [0.5, 0.6) is 0 Å². The first kappa shape index (κ1) is 84.6. The number of pyridine rings is 8. The van der Waals surface area contributed by atoms with Crippen molar-refractivity contribution in [2.24, 2.45) is 0 Å². The van der Waals surface area contributed by atoms with Crippen molar-refractivity contribution in [2.75, 3.05) is 0 Å². The normalized spacial score (nSPS) is 11.5. The van der Waals surface area contributed by atoms with Gasteiger partial charge in [0.05, 0.1) is 28.8 Å². The van der Waals surface area contributed by atoms with Crippen LogP contribution in [0.1, 0.15) is 122 Å². The van der Waals surface area contributed by atoms with Gasteiger partial charge in [-0.3, -0.25) is 0 Å². The summed E-state index contributed by atoms with van der Waals surface area (Å²) in [5.41, 5.74) is 36.1. The van der Waals surface area contributed by atoms with E-state index in [0.29, 0.717) is 5.69 Å². The third kappa shape index (κ3) is 15.8. The zero-order chi connectivity index (χ0) is 89.1. The van der Waals surface area contributed by atoms with Crippen LogP contribution in [-0.2, 0) is 5.41 Å². The van der Waals surface area contributed by atoms with E-state index in [0.717, 1.165) is 33.8 Å². The van der Waals surface area contributed by atoms with Crippen molar-refractivity contribution >= 4 is 92.3 Å². The quantitative estimate of drug-likeness (QED) is 0.107. The summed E-state index contributed by atoms with van der Waals surface area (Å²) >= 11 is 0. The Labute approximate surface area is 748 Å². The summed E-state index contributed by atoms with van der Waals surface area (Å²) in [4.78, 5) is 3.84. The molecule has 622 valence electrons. The molecule has 127 heavy (non-hydrogen) atoms. The van der Waals surface area contributed by atoms with Gasteiger partial charge >= 0.3 is 0 Å². The van der Waals surface area contributed by atoms with Gasteiger partial charge in [0, 0.05) is 241 Å². The molecule has 0 unspecified atom stereocenters. The maximum atomic E-state index is 7.79. The van der Waals surface area contributed by atoms with Crippen molar-refractivity contribution in [2.45, 2.75) is 144 Å². The Morgan fingerprint density at radius 3 is 0.882 bits per heavy atom. The van der Waals surface area contributed by atoms with Crippen LogP contribution in [0.3, 0.4) is 0 Å². The van der Waals surface area contributed by atoms with Crippen LogP contribution in [0.2, 0.25) is 0 Å². The largest absolute Gasteiger partial charge is 0.238 e. The molecule has 9 heteroatoms. The predicted molar refractivity (Wildman–Crippen MR) is 524 cm³/mol. The molecule has 0 aliphatic rings. The fourth-order valence-corrected chi connectivity index (χ4v) is 19.6. The molecule has 0 atom stereocenters. The third-order valence-corrected chi connectivity index (χ3v) is 26.1. The summed E-state index contributed by atoms with van der Waals surface area (Å²) in [6.45, 7) is 52.1. The number of fused-ring (bicyclic) bond motifs is 8. The average Bonchev–Trinajstić information content (AvgIpc) is 0.758. The first-order chi connectivity index (χ1) is 61.1. The third-order valence-electron chi connectivity index (χ3n) is 26.1. The lowest BCUT2D eigenvalue weighted by Crippen LogP contribution is -2.42. The molecule has 0 aliphatic carbocycles. The molecule has 8 aromatic heterocycles. The standard InChI is InChI=1S/C32H34N2.C29H25N3.C29H28N2.C28H26N2/c1-21-16-17-25-12-9-11-15-29(25)34(21)31-20-27(32(5,6)7)19-30(23(31)3)33-22(2)18-26-13-8-10-14-28(26)24(33)4;1-19-14-15-23-10-7-9-13-27(23)32(19)29-18-25(30-5)17-28(21(29)3)31-20(2)16-24-11-6-8-12-26(24)22(31)4;1-19-14-28(30-18-26-12-7-6-10-24(26)16-20(30)2)22(4)29(15-19)31-21(3)17-25-11-8-9-13-27(25)23(31)5;1-19-16-17-23-10-6-8-13-28(23)30(19)27-15-9-14-26(21(27)3)29-20(2)18-24-11-5-7-12-25(24)22(29)4/h8-20H,1-7H3;6-18H,1-4H3;6-18H,1-5H3;5-18H,1-4H3/q4*+2. The summed E-state index contributed by atoms with van der Waals surface area (Å²) in [7, 11) is 0. The fraction of sp³-hybridized carbons (Fsp3) is 0.178. The Balaban J connectivity index is 0.000000119. The molecule has 0 saturated carbocycles. The van der Waals surface area contributed by atoms with Gasteiger partial charge in [-0.15, -0.1) is 0 Å². The number of para-hydroxylation sites is 3. The molecule has 0 saturated heterocycles. The number of aryl methyl sites for hydroxylation is 13. The van der Waals surface area contributed by atoms with E-state index in [1.807, 2.05) is 12.1 Å². The van der Waals surface area contributed by atoms with Crippen LogP contribution in [0, 0.1) is 124 Å². The highest BCUT2D eigenvalue weighted by Crippen LogP contribution is 2.34. The minimum atomic E-state index is 0.0233. The van der Waals surface area contributed by atoms with Gasteiger partial charge < -0.3 is 0 Å². The number of nitrogens with zero attached hydrogens (tertiary/aromatic N) is 9. The number of hydrogen-bond donors (Lipinski definition) is 0. The highest BCUT2D eigenvalue weighted by atomic mass is 15.1. The summed E-state index contributed by atoms with van der Waals surface area (Å²) in [5, 5.41) is 16.4.